The Bertz CT molecular complexity index is 1730. The second-order valence-corrected chi connectivity index (χ2v) is 9.42. The molecular formula is C33H31N3O5. The first-order valence-corrected chi connectivity index (χ1v) is 13.3. The zero-order chi connectivity index (χ0) is 28.8. The van der Waals surface area contributed by atoms with Gasteiger partial charge in [0.1, 0.15) is 40.8 Å². The number of benzene rings is 3. The van der Waals surface area contributed by atoms with Crippen molar-refractivity contribution in [1.29, 1.82) is 0 Å². The summed E-state index contributed by atoms with van der Waals surface area (Å²) in [6, 6.07) is 24.6. The van der Waals surface area contributed by atoms with Crippen LogP contribution < -0.4 is 15.0 Å². The molecule has 208 valence electrons. The highest BCUT2D eigenvalue weighted by Gasteiger charge is 2.18. The van der Waals surface area contributed by atoms with Crippen molar-refractivity contribution in [2.24, 2.45) is 0 Å². The smallest absolute Gasteiger partial charge is 0.261 e. The Kier molecular flexibility index (Phi) is 8.29. The summed E-state index contributed by atoms with van der Waals surface area (Å²) in [4.78, 5) is 23.1. The molecule has 41 heavy (non-hydrogen) atoms. The normalized spacial score (nSPS) is 10.9. The highest BCUT2D eigenvalue weighted by atomic mass is 16.5. The van der Waals surface area contributed by atoms with Crippen LogP contribution in [0.5, 0.6) is 17.2 Å². The molecule has 0 spiro atoms. The van der Waals surface area contributed by atoms with Gasteiger partial charge in [-0.2, -0.15) is 0 Å². The number of fused-ring (bicyclic) bond motifs is 1. The van der Waals surface area contributed by atoms with E-state index in [4.69, 9.17) is 19.2 Å². The Morgan fingerprint density at radius 2 is 1.76 bits per heavy atom. The first-order valence-electron chi connectivity index (χ1n) is 13.3. The van der Waals surface area contributed by atoms with Crippen LogP contribution in [0.3, 0.4) is 0 Å². The van der Waals surface area contributed by atoms with Gasteiger partial charge in [0.25, 0.3) is 5.56 Å². The summed E-state index contributed by atoms with van der Waals surface area (Å²) in [5.41, 5.74) is 3.62. The second kappa shape index (κ2) is 12.4. The fourth-order valence-electron chi connectivity index (χ4n) is 4.63. The molecule has 5 rings (SSSR count). The predicted molar refractivity (Wildman–Crippen MR) is 158 cm³/mol. The maximum Gasteiger partial charge on any atom is 0.261 e. The summed E-state index contributed by atoms with van der Waals surface area (Å²) in [7, 11) is 1.52. The molecule has 0 radical (unpaired) electrons. The van der Waals surface area contributed by atoms with E-state index in [2.05, 4.69) is 23.7 Å². The summed E-state index contributed by atoms with van der Waals surface area (Å²) >= 11 is 0. The number of phenolic OH excluding ortho intramolecular Hbond substituents is 1. The fourth-order valence-corrected chi connectivity index (χ4v) is 4.63. The number of aromatic hydroxyl groups is 1. The molecule has 0 aliphatic rings. The molecule has 0 saturated carbocycles. The van der Waals surface area contributed by atoms with Gasteiger partial charge in [-0.05, 0) is 54.8 Å². The van der Waals surface area contributed by atoms with Crippen LogP contribution in [0, 0.1) is 0 Å². The SMILES string of the molecule is C=C(OCC)c1nccc2c(=O)n(Cc3ccc(O)cc3OC)c(COc3ccc(Cc4ccccc4)cc3)nc12. The third-order valence-corrected chi connectivity index (χ3v) is 6.68. The maximum absolute atomic E-state index is 13.9. The third kappa shape index (κ3) is 6.22. The van der Waals surface area contributed by atoms with Gasteiger partial charge in [0.05, 0.1) is 25.6 Å². The van der Waals surface area contributed by atoms with Crippen LogP contribution in [0.4, 0.5) is 0 Å². The van der Waals surface area contributed by atoms with Crippen molar-refractivity contribution < 1.29 is 19.3 Å². The average Bonchev–Trinajstić information content (AvgIpc) is 2.99. The minimum Gasteiger partial charge on any atom is -0.508 e. The summed E-state index contributed by atoms with van der Waals surface area (Å²) < 4.78 is 18.7. The summed E-state index contributed by atoms with van der Waals surface area (Å²) in [6.07, 6.45) is 2.37. The Balaban J connectivity index is 1.50. The molecule has 2 aromatic heterocycles. The molecule has 0 saturated heterocycles. The molecular weight excluding hydrogens is 518 g/mol. The number of hydrogen-bond donors (Lipinski definition) is 1. The molecule has 8 nitrogen and oxygen atoms in total. The molecule has 0 bridgehead atoms. The molecule has 0 aliphatic heterocycles. The highest BCUT2D eigenvalue weighted by Crippen LogP contribution is 2.26. The zero-order valence-electron chi connectivity index (χ0n) is 23.0. The number of nitrogens with zero attached hydrogens (tertiary/aromatic N) is 3. The number of ether oxygens (including phenoxy) is 3. The van der Waals surface area contributed by atoms with Crippen LogP contribution in [-0.4, -0.2) is 33.4 Å². The minimum absolute atomic E-state index is 0.0268. The van der Waals surface area contributed by atoms with Gasteiger partial charge in [-0.1, -0.05) is 49.0 Å². The molecule has 0 atom stereocenters. The van der Waals surface area contributed by atoms with Gasteiger partial charge in [0.2, 0.25) is 0 Å². The van der Waals surface area contributed by atoms with E-state index in [1.54, 1.807) is 29.0 Å². The fraction of sp³-hybridized carbons (Fsp3) is 0.182. The first-order chi connectivity index (χ1) is 20.0. The molecule has 0 fully saturated rings. The van der Waals surface area contributed by atoms with Crippen molar-refractivity contribution in [3.05, 3.63) is 130 Å². The highest BCUT2D eigenvalue weighted by molar-refractivity contribution is 5.86. The molecule has 0 aliphatic carbocycles. The third-order valence-electron chi connectivity index (χ3n) is 6.68. The van der Waals surface area contributed by atoms with Crippen molar-refractivity contribution in [2.75, 3.05) is 13.7 Å². The standard InChI is InChI=1S/C33H31N3O5/c1-4-40-22(2)31-32-28(16-17-34-31)33(38)36(20-25-12-13-26(37)19-29(25)39-3)30(35-32)21-41-27-14-10-24(11-15-27)18-23-8-6-5-7-9-23/h5-17,19,37H,2,4,18,20-21H2,1,3H3. The van der Waals surface area contributed by atoms with Crippen LogP contribution >= 0.6 is 0 Å². The quantitative estimate of drug-likeness (QED) is 0.210. The van der Waals surface area contributed by atoms with Crippen LogP contribution in [0.2, 0.25) is 0 Å². The van der Waals surface area contributed by atoms with E-state index in [0.717, 1.165) is 12.0 Å². The van der Waals surface area contributed by atoms with Crippen molar-refractivity contribution >= 4 is 16.7 Å². The first kappa shape index (κ1) is 27.5. The number of rotatable bonds is 11. The number of hydrogen-bond acceptors (Lipinski definition) is 7. The summed E-state index contributed by atoms with van der Waals surface area (Å²) in [5.74, 6) is 1.90. The van der Waals surface area contributed by atoms with Crippen molar-refractivity contribution in [2.45, 2.75) is 26.5 Å². The van der Waals surface area contributed by atoms with E-state index in [-0.39, 0.29) is 24.5 Å². The van der Waals surface area contributed by atoms with E-state index >= 15 is 0 Å². The molecule has 1 N–H and O–H groups in total. The van der Waals surface area contributed by atoms with Crippen molar-refractivity contribution in [3.63, 3.8) is 0 Å². The lowest BCUT2D eigenvalue weighted by molar-refractivity contribution is 0.287. The van der Waals surface area contributed by atoms with Gasteiger partial charge < -0.3 is 19.3 Å². The molecule has 5 aromatic rings. The monoisotopic (exact) mass is 549 g/mol. The van der Waals surface area contributed by atoms with Crippen molar-refractivity contribution in [3.8, 4) is 17.2 Å². The van der Waals surface area contributed by atoms with E-state index < -0.39 is 0 Å². The zero-order valence-corrected chi connectivity index (χ0v) is 23.0. The molecule has 0 unspecified atom stereocenters. The minimum atomic E-state index is -0.269. The largest absolute Gasteiger partial charge is 0.508 e. The lowest BCUT2D eigenvalue weighted by atomic mass is 10.1. The van der Waals surface area contributed by atoms with Gasteiger partial charge >= 0.3 is 0 Å². The molecule has 8 heteroatoms. The van der Waals surface area contributed by atoms with Crippen LogP contribution in [0.1, 0.15) is 35.1 Å². The van der Waals surface area contributed by atoms with Gasteiger partial charge in [0.15, 0.2) is 5.82 Å². The number of phenols is 1. The number of methoxy groups -OCH3 is 1. The van der Waals surface area contributed by atoms with Crippen LogP contribution in [-0.2, 0) is 24.3 Å². The van der Waals surface area contributed by atoms with E-state index in [1.165, 1.54) is 18.7 Å². The molecule has 2 heterocycles. The van der Waals surface area contributed by atoms with Crippen LogP contribution in [0.25, 0.3) is 16.7 Å². The van der Waals surface area contributed by atoms with Gasteiger partial charge in [-0.25, -0.2) is 4.98 Å². The van der Waals surface area contributed by atoms with E-state index in [9.17, 15) is 9.90 Å². The van der Waals surface area contributed by atoms with Crippen LogP contribution in [0.15, 0.2) is 96.4 Å². The number of pyridine rings is 1. The summed E-state index contributed by atoms with van der Waals surface area (Å²) in [5, 5.41) is 10.3. The van der Waals surface area contributed by atoms with Gasteiger partial charge in [-0.15, -0.1) is 0 Å². The Morgan fingerprint density at radius 3 is 2.49 bits per heavy atom. The topological polar surface area (TPSA) is 95.7 Å². The van der Waals surface area contributed by atoms with Gasteiger partial charge in [0, 0.05) is 17.8 Å². The average molecular weight is 550 g/mol. The molecule has 3 aromatic carbocycles. The van der Waals surface area contributed by atoms with Gasteiger partial charge in [-0.3, -0.25) is 14.3 Å². The lowest BCUT2D eigenvalue weighted by Crippen LogP contribution is -2.27. The Hall–Kier alpha value is -5.11. The molecule has 0 amide bonds. The lowest BCUT2D eigenvalue weighted by Gasteiger charge is -2.17. The van der Waals surface area contributed by atoms with E-state index in [1.807, 2.05) is 49.4 Å². The maximum atomic E-state index is 13.9. The van der Waals surface area contributed by atoms with Crippen molar-refractivity contribution in [1.82, 2.24) is 14.5 Å². The predicted octanol–water partition coefficient (Wildman–Crippen LogP) is 5.73. The number of aromatic nitrogens is 3. The Morgan fingerprint density at radius 1 is 1.00 bits per heavy atom. The summed E-state index contributed by atoms with van der Waals surface area (Å²) in [6.45, 7) is 6.42. The Labute approximate surface area is 238 Å². The second-order valence-electron chi connectivity index (χ2n) is 9.42. The van der Waals surface area contributed by atoms with E-state index in [0.29, 0.717) is 51.8 Å².